The zero-order chi connectivity index (χ0) is 14.2. The second-order valence-electron chi connectivity index (χ2n) is 5.25. The first-order valence-electron chi connectivity index (χ1n) is 6.46. The Morgan fingerprint density at radius 2 is 2.11 bits per heavy atom. The molecule has 1 aromatic heterocycles. The van der Waals surface area contributed by atoms with E-state index < -0.39 is 11.6 Å². The van der Waals surface area contributed by atoms with E-state index in [0.717, 1.165) is 5.56 Å². The highest BCUT2D eigenvalue weighted by Gasteiger charge is 2.46. The third-order valence-electron chi connectivity index (χ3n) is 3.70. The molecule has 0 saturated carbocycles. The minimum atomic E-state index is -0.840. The second-order valence-corrected chi connectivity index (χ2v) is 5.25. The zero-order valence-corrected chi connectivity index (χ0v) is 11.7. The summed E-state index contributed by atoms with van der Waals surface area (Å²) in [5.41, 5.74) is 0.793. The van der Waals surface area contributed by atoms with Crippen LogP contribution in [-0.4, -0.2) is 28.4 Å². The Kier molecular flexibility index (Phi) is 3.30. The number of hydrogen-bond donors (Lipinski definition) is 1. The molecule has 2 rings (SSSR count). The van der Waals surface area contributed by atoms with E-state index in [1.807, 2.05) is 19.9 Å². The van der Waals surface area contributed by atoms with Crippen molar-refractivity contribution in [3.05, 3.63) is 24.0 Å². The second kappa shape index (κ2) is 4.64. The van der Waals surface area contributed by atoms with E-state index in [1.165, 1.54) is 0 Å². The standard InChI is InChI=1S/C14H19N3O2/c1-5-14(4)13(19)17(10(3)12(18)16-14)11-6-9(2)7-15-8-11/h6-8,10H,5H2,1-4H3,(H,16,18). The molecule has 1 aromatic rings. The molecule has 1 aliphatic rings. The number of hydrogen-bond acceptors (Lipinski definition) is 3. The number of aryl methyl sites for hydroxylation is 1. The normalized spacial score (nSPS) is 27.4. The molecule has 0 bridgehead atoms. The van der Waals surface area contributed by atoms with Crippen LogP contribution in [0.2, 0.25) is 0 Å². The van der Waals surface area contributed by atoms with Crippen LogP contribution in [0.5, 0.6) is 0 Å². The third-order valence-corrected chi connectivity index (χ3v) is 3.70. The maximum atomic E-state index is 12.6. The number of piperazine rings is 1. The Morgan fingerprint density at radius 1 is 1.42 bits per heavy atom. The van der Waals surface area contributed by atoms with Crippen molar-refractivity contribution < 1.29 is 9.59 Å². The molecule has 1 saturated heterocycles. The van der Waals surface area contributed by atoms with Crippen LogP contribution in [0.4, 0.5) is 5.69 Å². The number of carbonyl (C=O) groups excluding carboxylic acids is 2. The molecule has 1 N–H and O–H groups in total. The van der Waals surface area contributed by atoms with E-state index in [2.05, 4.69) is 10.3 Å². The molecule has 19 heavy (non-hydrogen) atoms. The number of amides is 2. The molecule has 2 unspecified atom stereocenters. The lowest BCUT2D eigenvalue weighted by Crippen LogP contribution is -2.68. The summed E-state index contributed by atoms with van der Waals surface area (Å²) < 4.78 is 0. The lowest BCUT2D eigenvalue weighted by Gasteiger charge is -2.42. The molecular formula is C14H19N3O2. The lowest BCUT2D eigenvalue weighted by molar-refractivity contribution is -0.137. The maximum Gasteiger partial charge on any atom is 0.253 e. The monoisotopic (exact) mass is 261 g/mol. The molecule has 0 aliphatic carbocycles. The summed E-state index contributed by atoms with van der Waals surface area (Å²) in [7, 11) is 0. The molecule has 2 atom stereocenters. The highest BCUT2D eigenvalue weighted by molar-refractivity contribution is 6.10. The summed E-state index contributed by atoms with van der Waals surface area (Å²) in [6.07, 6.45) is 3.90. The predicted octanol–water partition coefficient (Wildman–Crippen LogP) is 1.41. The van der Waals surface area contributed by atoms with Gasteiger partial charge in [0.25, 0.3) is 5.91 Å². The summed E-state index contributed by atoms with van der Waals surface area (Å²) in [5, 5.41) is 2.81. The fourth-order valence-electron chi connectivity index (χ4n) is 2.24. The largest absolute Gasteiger partial charge is 0.340 e. The van der Waals surface area contributed by atoms with Crippen molar-refractivity contribution in [3.63, 3.8) is 0 Å². The lowest BCUT2D eigenvalue weighted by atomic mass is 9.92. The highest BCUT2D eigenvalue weighted by Crippen LogP contribution is 2.27. The van der Waals surface area contributed by atoms with Crippen LogP contribution in [0.3, 0.4) is 0 Å². The average molecular weight is 261 g/mol. The molecule has 2 heterocycles. The van der Waals surface area contributed by atoms with Gasteiger partial charge >= 0.3 is 0 Å². The van der Waals surface area contributed by atoms with Crippen molar-refractivity contribution >= 4 is 17.5 Å². The maximum absolute atomic E-state index is 12.6. The number of pyridine rings is 1. The van der Waals surface area contributed by atoms with Gasteiger partial charge in [0.2, 0.25) is 5.91 Å². The first-order valence-corrected chi connectivity index (χ1v) is 6.46. The highest BCUT2D eigenvalue weighted by atomic mass is 16.2. The molecular weight excluding hydrogens is 242 g/mol. The van der Waals surface area contributed by atoms with Crippen molar-refractivity contribution in [1.29, 1.82) is 0 Å². The topological polar surface area (TPSA) is 62.3 Å². The first-order chi connectivity index (χ1) is 8.89. The van der Waals surface area contributed by atoms with Crippen LogP contribution < -0.4 is 10.2 Å². The van der Waals surface area contributed by atoms with E-state index in [4.69, 9.17) is 0 Å². The van der Waals surface area contributed by atoms with Crippen LogP contribution in [0.25, 0.3) is 0 Å². The van der Waals surface area contributed by atoms with E-state index in [-0.39, 0.29) is 11.8 Å². The fraction of sp³-hybridized carbons (Fsp3) is 0.500. The van der Waals surface area contributed by atoms with Crippen molar-refractivity contribution in [3.8, 4) is 0 Å². The summed E-state index contributed by atoms with van der Waals surface area (Å²) in [6, 6.07) is 1.35. The number of carbonyl (C=O) groups is 2. The Labute approximate surface area is 113 Å². The summed E-state index contributed by atoms with van der Waals surface area (Å²) in [6.45, 7) is 7.29. The van der Waals surface area contributed by atoms with Crippen molar-refractivity contribution in [1.82, 2.24) is 10.3 Å². The summed E-state index contributed by atoms with van der Waals surface area (Å²) in [5.74, 6) is -0.222. The fourth-order valence-corrected chi connectivity index (χ4v) is 2.24. The summed E-state index contributed by atoms with van der Waals surface area (Å²) in [4.78, 5) is 30.3. The van der Waals surface area contributed by atoms with Crippen molar-refractivity contribution in [2.24, 2.45) is 0 Å². The van der Waals surface area contributed by atoms with E-state index in [1.54, 1.807) is 31.1 Å². The van der Waals surface area contributed by atoms with Crippen molar-refractivity contribution in [2.45, 2.75) is 45.7 Å². The SMILES string of the molecule is CCC1(C)NC(=O)C(C)N(c2cncc(C)c2)C1=O. The number of rotatable bonds is 2. The molecule has 5 nitrogen and oxygen atoms in total. The number of anilines is 1. The van der Waals surface area contributed by atoms with Crippen molar-refractivity contribution in [2.75, 3.05) is 4.90 Å². The van der Waals surface area contributed by atoms with E-state index in [0.29, 0.717) is 12.1 Å². The van der Waals surface area contributed by atoms with E-state index >= 15 is 0 Å². The molecule has 5 heteroatoms. The van der Waals surface area contributed by atoms with Gasteiger partial charge in [0.1, 0.15) is 11.6 Å². The molecule has 0 radical (unpaired) electrons. The van der Waals surface area contributed by atoms with E-state index in [9.17, 15) is 9.59 Å². The zero-order valence-electron chi connectivity index (χ0n) is 11.7. The van der Waals surface area contributed by atoms with Gasteiger partial charge in [-0.25, -0.2) is 0 Å². The number of nitrogens with zero attached hydrogens (tertiary/aromatic N) is 2. The molecule has 1 fully saturated rings. The Hall–Kier alpha value is -1.91. The van der Waals surface area contributed by atoms with Crippen LogP contribution in [0, 0.1) is 6.92 Å². The van der Waals surface area contributed by atoms with Gasteiger partial charge in [0, 0.05) is 6.20 Å². The van der Waals surface area contributed by atoms with Crippen LogP contribution >= 0.6 is 0 Å². The van der Waals surface area contributed by atoms with Gasteiger partial charge in [0.05, 0.1) is 11.9 Å². The molecule has 0 spiro atoms. The number of nitrogens with one attached hydrogen (secondary N) is 1. The quantitative estimate of drug-likeness (QED) is 0.875. The van der Waals surface area contributed by atoms with Crippen LogP contribution in [-0.2, 0) is 9.59 Å². The third kappa shape index (κ3) is 2.20. The Morgan fingerprint density at radius 3 is 2.68 bits per heavy atom. The molecule has 1 aliphatic heterocycles. The van der Waals surface area contributed by atoms with Crippen LogP contribution in [0.1, 0.15) is 32.8 Å². The van der Waals surface area contributed by atoms with Gasteiger partial charge in [0.15, 0.2) is 0 Å². The van der Waals surface area contributed by atoms with Crippen LogP contribution in [0.15, 0.2) is 18.5 Å². The van der Waals surface area contributed by atoms with Gasteiger partial charge in [-0.2, -0.15) is 0 Å². The van der Waals surface area contributed by atoms with Gasteiger partial charge < -0.3 is 5.32 Å². The minimum Gasteiger partial charge on any atom is -0.340 e. The van der Waals surface area contributed by atoms with Gasteiger partial charge in [-0.15, -0.1) is 0 Å². The minimum absolute atomic E-state index is 0.0884. The smallest absolute Gasteiger partial charge is 0.253 e. The van der Waals surface area contributed by atoms with Gasteiger partial charge in [-0.3, -0.25) is 19.5 Å². The average Bonchev–Trinajstić information content (AvgIpc) is 2.37. The molecule has 102 valence electrons. The predicted molar refractivity (Wildman–Crippen MR) is 72.8 cm³/mol. The number of aromatic nitrogens is 1. The first kappa shape index (κ1) is 13.5. The molecule has 2 amide bonds. The van der Waals surface area contributed by atoms with Gasteiger partial charge in [-0.1, -0.05) is 6.92 Å². The summed E-state index contributed by atoms with van der Waals surface area (Å²) >= 11 is 0. The Bertz CT molecular complexity index is 529. The van der Waals surface area contributed by atoms with Gasteiger partial charge in [-0.05, 0) is 38.8 Å². The Balaban J connectivity index is 2.47. The molecule has 0 aromatic carbocycles.